The maximum absolute atomic E-state index is 13.0. The third kappa shape index (κ3) is 23.0. The average Bonchev–Trinajstić information content (AvgIpc) is 1.61. The number of hydrogen-bond donors (Lipinski definition) is 6. The molecule has 0 spiro atoms. The van der Waals surface area contributed by atoms with Crippen molar-refractivity contribution in [2.24, 2.45) is 41.1 Å². The molecule has 3 aliphatic heterocycles. The van der Waals surface area contributed by atoms with Crippen LogP contribution in [0.15, 0.2) is 161 Å². The summed E-state index contributed by atoms with van der Waals surface area (Å²) in [5.41, 5.74) is 3.07. The first-order valence-corrected chi connectivity index (χ1v) is 38.2. The monoisotopic (exact) mass is 1820 g/mol. The Morgan fingerprint density at radius 1 is 0.483 bits per heavy atom. The summed E-state index contributed by atoms with van der Waals surface area (Å²) in [5.74, 6) is -5.26. The van der Waals surface area contributed by atoms with Crippen molar-refractivity contribution < 1.29 is 282 Å². The van der Waals surface area contributed by atoms with Crippen molar-refractivity contribution in [1.82, 2.24) is 44.6 Å². The molecule has 0 saturated carbocycles. The van der Waals surface area contributed by atoms with E-state index >= 15 is 0 Å². The Labute approximate surface area is 864 Å². The van der Waals surface area contributed by atoms with Gasteiger partial charge in [-0.05, 0) is 162 Å². The molecule has 588 valence electrons. The van der Waals surface area contributed by atoms with Crippen LogP contribution in [-0.2, 0) is 24.8 Å². The zero-order valence-electron chi connectivity index (χ0n) is 65.5. The third-order valence-electron chi connectivity index (χ3n) is 16.5. The van der Waals surface area contributed by atoms with Crippen molar-refractivity contribution in [3.63, 3.8) is 0 Å². The van der Waals surface area contributed by atoms with Crippen LogP contribution in [0.25, 0.3) is 22.8 Å². The van der Waals surface area contributed by atoms with Crippen LogP contribution in [0.5, 0.6) is 17.2 Å². The molecule has 3 aliphatic rings. The number of carbonyl (C=O) groups is 5. The number of carboxylic acids is 4. The Morgan fingerprint density at radius 2 is 0.831 bits per heavy atom. The summed E-state index contributed by atoms with van der Waals surface area (Å²) in [6.07, 6.45) is 0.695. The van der Waals surface area contributed by atoms with Gasteiger partial charge in [0.1, 0.15) is 22.9 Å². The first-order valence-electron chi connectivity index (χ1n) is 33.7. The molecule has 1 amide bonds. The summed E-state index contributed by atoms with van der Waals surface area (Å²) in [7, 11) is -8.82. The fraction of sp³-hybridized carbons (Fsp3) is 0.203. The Hall–Kier alpha value is -6.06. The molecule has 44 heteroatoms. The summed E-state index contributed by atoms with van der Waals surface area (Å²) in [6.45, 7) is 20.7. The number of phenolic OH excluding ortho intramolecular Hbond substituents is 3. The van der Waals surface area contributed by atoms with Gasteiger partial charge in [0.25, 0.3) is 20.0 Å². The van der Waals surface area contributed by atoms with Gasteiger partial charge in [-0.25, -0.2) is 46.8 Å². The summed E-state index contributed by atoms with van der Waals surface area (Å²) in [6, 6.07) is 25.6. The second-order valence-corrected chi connectivity index (χ2v) is 32.7. The van der Waals surface area contributed by atoms with Crippen molar-refractivity contribution in [2.75, 3.05) is 14.8 Å². The average molecular weight is 1820 g/mol. The van der Waals surface area contributed by atoms with Crippen LogP contribution in [-0.4, -0.2) is 141 Å². The molecular formula is C74H62Cl4K4N18O16S2. The minimum atomic E-state index is -4.42. The predicted molar refractivity (Wildman–Crippen MR) is 417 cm³/mol. The van der Waals surface area contributed by atoms with Gasteiger partial charge in [0.05, 0.1) is 93.6 Å². The number of halogens is 4. The van der Waals surface area contributed by atoms with E-state index in [1.54, 1.807) is 37.3 Å². The first kappa shape index (κ1) is 99.0. The van der Waals surface area contributed by atoms with Gasteiger partial charge in [-0.15, -0.1) is 29.7 Å². The molecule has 13 rings (SSSR count). The van der Waals surface area contributed by atoms with E-state index in [4.69, 9.17) is 56.4 Å². The molecule has 7 aromatic carbocycles. The zero-order chi connectivity index (χ0) is 83.3. The molecule has 0 aliphatic carbocycles. The van der Waals surface area contributed by atoms with E-state index in [1.165, 1.54) is 75.9 Å². The molecule has 0 atom stereocenters. The van der Waals surface area contributed by atoms with Crippen LogP contribution >= 0.6 is 46.4 Å². The standard InChI is InChI=1S/C30H26ClN7O8S.C29H25ClN6O7S.C15H15Cl2N5O.4K/c1-14(39)32-22-13-19(12-21(31)24(22)40)33-23-25(30(2,3)4)35-38-27(23)34-26(36-38)15-5-7-18(8-6-15)37-47(45,46)20-10-16(28(41)42)9-17(11-20)29(43)44;1-14-9-19(13-21(30)23(14)37)31-22-24(29(2,3)4)33-36-26(22)32-25(34-36)15-5-7-18(8-6-15)35-44(42,43)20-11-16(27(38)39)10-17(12-20)28(40)41;1-4-11-12(15-19-14(7(2)3)21-22(15)20-11)18-8-5-9(16)13(23)10(17)6-8;;;;/h5-13,37,40H,1-4H3,(H,32,39)(H,41,42)(H,43,44);5-13,35,37H,1-4H3,(H,38,39)(H,40,41);5-7,23H,4H2,1-3H3;;;;/q;;;4*+1/p-4. The largest absolute Gasteiger partial charge is 1.00 e. The van der Waals surface area contributed by atoms with Crippen LogP contribution in [0.1, 0.15) is 152 Å². The first-order chi connectivity index (χ1) is 53.4. The molecule has 0 saturated heterocycles. The van der Waals surface area contributed by atoms with E-state index in [0.29, 0.717) is 86.2 Å². The molecule has 0 unspecified atom stereocenters. The molecule has 34 nitrogen and oxygen atoms in total. The number of hydrogen-bond acceptors (Lipinski definition) is 28. The fourth-order valence-electron chi connectivity index (χ4n) is 10.9. The number of nitrogens with zero attached hydrogens (tertiary/aromatic N) is 15. The molecular weight excluding hydrogens is 1760 g/mol. The van der Waals surface area contributed by atoms with E-state index < -0.39 is 92.7 Å². The van der Waals surface area contributed by atoms with Crippen LogP contribution in [0.2, 0.25) is 20.1 Å². The van der Waals surface area contributed by atoms with E-state index in [1.807, 2.05) is 62.3 Å². The number of aryl methyl sites for hydroxylation is 1. The number of carboxylic acid groups (broad SMARTS) is 4. The Balaban J connectivity index is 0.000000253. The number of phenols is 3. The van der Waals surface area contributed by atoms with E-state index in [9.17, 15) is 76.6 Å². The smallest absolute Gasteiger partial charge is 0.545 e. The maximum Gasteiger partial charge on any atom is 1.00 e. The number of nitrogens with one attached hydrogen (secondary N) is 3. The number of aromatic nitrogens is 9. The van der Waals surface area contributed by atoms with Crippen molar-refractivity contribution >= 4 is 165 Å². The van der Waals surface area contributed by atoms with Crippen molar-refractivity contribution in [3.8, 4) is 40.0 Å². The number of amides is 1. The van der Waals surface area contributed by atoms with Crippen LogP contribution in [0.4, 0.5) is 34.1 Å². The molecule has 0 fully saturated rings. The number of anilines is 3. The molecule has 3 aromatic heterocycles. The zero-order valence-corrected chi connectivity index (χ0v) is 82.7. The quantitative estimate of drug-likeness (QED) is 0.0365. The summed E-state index contributed by atoms with van der Waals surface area (Å²) in [4.78, 5) is 87.5. The second-order valence-electron chi connectivity index (χ2n) is 27.7. The van der Waals surface area contributed by atoms with Gasteiger partial charge in [0, 0.05) is 46.2 Å². The van der Waals surface area contributed by atoms with Crippen LogP contribution in [0, 0.1) is 17.8 Å². The summed E-state index contributed by atoms with van der Waals surface area (Å²) >= 11 is 24.3. The number of carbonyl (C=O) groups excluding carboxylic acids is 5. The predicted octanol–water partition coefficient (Wildman–Crippen LogP) is -3.12. The maximum atomic E-state index is 13.0. The Morgan fingerprint density at radius 3 is 1.19 bits per heavy atom. The number of aromatic carboxylic acids is 4. The molecule has 0 bridgehead atoms. The van der Waals surface area contributed by atoms with E-state index in [-0.39, 0.29) is 283 Å². The van der Waals surface area contributed by atoms with Gasteiger partial charge in [0.15, 0.2) is 29.0 Å². The number of rotatable bonds is 18. The van der Waals surface area contributed by atoms with Crippen molar-refractivity contribution in [2.45, 2.75) is 98.3 Å². The molecule has 0 radical (unpaired) electrons. The van der Waals surface area contributed by atoms with Gasteiger partial charge in [-0.3, -0.25) is 14.2 Å². The molecule has 6 heterocycles. The van der Waals surface area contributed by atoms with Crippen LogP contribution < -0.4 is 241 Å². The third-order valence-corrected chi connectivity index (χ3v) is 20.4. The van der Waals surface area contributed by atoms with E-state index in [0.717, 1.165) is 42.1 Å². The number of benzene rings is 7. The van der Waals surface area contributed by atoms with Crippen molar-refractivity contribution in [1.29, 1.82) is 0 Å². The van der Waals surface area contributed by atoms with Gasteiger partial charge < -0.3 is 60.2 Å². The number of aromatic hydroxyl groups is 3. The summed E-state index contributed by atoms with van der Waals surface area (Å²) in [5, 5.41) is 105. The molecule has 6 N–H and O–H groups in total. The minimum Gasteiger partial charge on any atom is -0.545 e. The van der Waals surface area contributed by atoms with Gasteiger partial charge in [-0.1, -0.05) is 109 Å². The molecule has 118 heavy (non-hydrogen) atoms. The van der Waals surface area contributed by atoms with Gasteiger partial charge >= 0.3 is 206 Å². The topological polar surface area (TPSA) is 509 Å². The normalized spacial score (nSPS) is 13.6. The number of fused-ring (bicyclic) bond motifs is 3. The van der Waals surface area contributed by atoms with E-state index in [2.05, 4.69) is 65.3 Å². The SMILES string of the molecule is CC(=O)Nc1cc(N=C2C(C(C)(C)C)=Nn3nc(-c4ccc(NS(=O)(=O)c5cc(C(=O)[O-])cc(C(=O)[O-])c5)cc4)nc32)cc(Cl)c1O.CCC1=Nn2nc(C(C)C)nc2C1=Nc1cc(Cl)c(O)c(Cl)c1.Cc1cc(N=C2C(C(C)(C)C)=Nn3nc(-c4ccc(NS(=O)(=O)c5cc(C(=O)[O-])cc(C(=O)[O-])c5)cc4)nc32)cc(Cl)c1O.[K+].[K+].[K+].[K+]. The van der Waals surface area contributed by atoms with Crippen LogP contribution in [0.3, 0.4) is 0 Å². The van der Waals surface area contributed by atoms with Gasteiger partial charge in [0.2, 0.25) is 23.4 Å². The second kappa shape index (κ2) is 40.1. The minimum absolute atomic E-state index is 0. The summed E-state index contributed by atoms with van der Waals surface area (Å²) < 4.78 is 56.4. The number of aliphatic imine (C=N–C) groups is 3. The van der Waals surface area contributed by atoms with Crippen molar-refractivity contribution in [3.05, 3.63) is 193 Å². The number of sulfonamides is 2. The Kier molecular flexibility index (Phi) is 33.6. The Bertz CT molecular complexity index is 6050. The fourth-order valence-corrected chi connectivity index (χ4v) is 14.1. The van der Waals surface area contributed by atoms with Gasteiger partial charge in [-0.2, -0.15) is 15.3 Å². The molecule has 10 aromatic rings.